The van der Waals surface area contributed by atoms with E-state index in [4.69, 9.17) is 9.47 Å². The third kappa shape index (κ3) is 5.39. The Kier molecular flexibility index (Phi) is 7.65. The molecule has 0 spiro atoms. The maximum Gasteiger partial charge on any atom is 0.318 e. The lowest BCUT2D eigenvalue weighted by Gasteiger charge is -2.39. The molecular formula is C30H34FNO4. The zero-order valence-electron chi connectivity index (χ0n) is 21.1. The molecule has 1 aliphatic rings. The summed E-state index contributed by atoms with van der Waals surface area (Å²) in [5.41, 5.74) is 0.152. The Morgan fingerprint density at radius 2 is 1.56 bits per heavy atom. The molecule has 1 fully saturated rings. The molecule has 0 amide bonds. The summed E-state index contributed by atoms with van der Waals surface area (Å²) in [6.07, 6.45) is 1.85. The van der Waals surface area contributed by atoms with Crippen LogP contribution in [0.4, 0.5) is 4.39 Å². The Morgan fingerprint density at radius 1 is 0.972 bits per heavy atom. The molecule has 1 aliphatic heterocycles. The van der Waals surface area contributed by atoms with Crippen LogP contribution in [0.3, 0.4) is 0 Å². The van der Waals surface area contributed by atoms with E-state index in [1.807, 2.05) is 60.7 Å². The molecule has 3 aromatic carbocycles. The number of methoxy groups -OCH3 is 1. The van der Waals surface area contributed by atoms with E-state index in [1.165, 1.54) is 19.2 Å². The van der Waals surface area contributed by atoms with E-state index in [1.54, 1.807) is 6.07 Å². The van der Waals surface area contributed by atoms with Crippen molar-refractivity contribution in [1.82, 2.24) is 4.90 Å². The third-order valence-electron chi connectivity index (χ3n) is 7.39. The first-order chi connectivity index (χ1) is 17.2. The summed E-state index contributed by atoms with van der Waals surface area (Å²) in [6, 6.07) is 23.4. The van der Waals surface area contributed by atoms with Crippen LogP contribution < -0.4 is 9.47 Å². The molecule has 36 heavy (non-hydrogen) atoms. The van der Waals surface area contributed by atoms with E-state index in [9.17, 15) is 14.3 Å². The summed E-state index contributed by atoms with van der Waals surface area (Å²) in [6.45, 7) is 5.82. The lowest BCUT2D eigenvalue weighted by atomic mass is 9.69. The summed E-state index contributed by atoms with van der Waals surface area (Å²) >= 11 is 0. The predicted octanol–water partition coefficient (Wildman–Crippen LogP) is 5.92. The van der Waals surface area contributed by atoms with Crippen LogP contribution in [-0.4, -0.2) is 47.8 Å². The Labute approximate surface area is 212 Å². The van der Waals surface area contributed by atoms with Gasteiger partial charge in [-0.15, -0.1) is 0 Å². The highest BCUT2D eigenvalue weighted by atomic mass is 19.1. The van der Waals surface area contributed by atoms with Crippen LogP contribution >= 0.6 is 0 Å². The average molecular weight is 492 g/mol. The van der Waals surface area contributed by atoms with Gasteiger partial charge in [0.25, 0.3) is 0 Å². The van der Waals surface area contributed by atoms with Gasteiger partial charge in [0.15, 0.2) is 0 Å². The fraction of sp³-hybridized carbons (Fsp3) is 0.367. The molecule has 6 heteroatoms. The van der Waals surface area contributed by atoms with Crippen LogP contribution in [0.5, 0.6) is 11.5 Å². The molecule has 5 nitrogen and oxygen atoms in total. The predicted molar refractivity (Wildman–Crippen MR) is 138 cm³/mol. The molecule has 1 heterocycles. The van der Waals surface area contributed by atoms with E-state index in [0.717, 1.165) is 24.1 Å². The molecule has 3 aromatic rings. The number of nitrogens with zero attached hydrogens (tertiary/aromatic N) is 1. The summed E-state index contributed by atoms with van der Waals surface area (Å²) in [7, 11) is 1.50. The number of aliphatic carboxylic acids is 1. The van der Waals surface area contributed by atoms with Crippen molar-refractivity contribution >= 4 is 5.97 Å². The first-order valence-corrected chi connectivity index (χ1v) is 12.4. The second-order valence-electron chi connectivity index (χ2n) is 10.1. The third-order valence-corrected chi connectivity index (χ3v) is 7.39. The van der Waals surface area contributed by atoms with E-state index in [0.29, 0.717) is 30.9 Å². The van der Waals surface area contributed by atoms with Gasteiger partial charge in [-0.1, -0.05) is 60.7 Å². The van der Waals surface area contributed by atoms with Gasteiger partial charge in [0.1, 0.15) is 28.8 Å². The van der Waals surface area contributed by atoms with Gasteiger partial charge in [-0.05, 0) is 44.2 Å². The van der Waals surface area contributed by atoms with E-state index >= 15 is 0 Å². The van der Waals surface area contributed by atoms with Crippen LogP contribution in [0.25, 0.3) is 0 Å². The summed E-state index contributed by atoms with van der Waals surface area (Å²) in [4.78, 5) is 15.3. The van der Waals surface area contributed by atoms with E-state index < -0.39 is 17.2 Å². The number of hydrogen-bond acceptors (Lipinski definition) is 4. The molecule has 0 radical (unpaired) electrons. The van der Waals surface area contributed by atoms with E-state index in [-0.39, 0.29) is 11.6 Å². The second-order valence-corrected chi connectivity index (χ2v) is 10.1. The highest BCUT2D eigenvalue weighted by Gasteiger charge is 2.44. The van der Waals surface area contributed by atoms with Crippen molar-refractivity contribution in [2.24, 2.45) is 0 Å². The molecule has 4 rings (SSSR count). The second kappa shape index (κ2) is 10.7. The van der Waals surface area contributed by atoms with Crippen molar-refractivity contribution in [2.45, 2.75) is 50.2 Å². The van der Waals surface area contributed by atoms with Crippen LogP contribution in [0.15, 0.2) is 78.9 Å². The van der Waals surface area contributed by atoms with Gasteiger partial charge in [-0.25, -0.2) is 4.39 Å². The largest absolute Gasteiger partial charge is 0.497 e. The van der Waals surface area contributed by atoms with Gasteiger partial charge in [-0.2, -0.15) is 0 Å². The standard InChI is InChI=1S/C30H34FNO4/c1-29(2,32-17-14-25(21-32)36-27-19-24(31)18-26(20-27)35-3)15-16-30(28(33)34,22-10-6-4-7-11-22)23-12-8-5-9-13-23/h4-13,18-20,25H,14-17,21H2,1-3H3,(H,33,34)/t25-/m0/s1. The van der Waals surface area contributed by atoms with Crippen molar-refractivity contribution in [1.29, 1.82) is 0 Å². The first-order valence-electron chi connectivity index (χ1n) is 12.4. The van der Waals surface area contributed by atoms with Crippen molar-refractivity contribution in [2.75, 3.05) is 20.2 Å². The first kappa shape index (κ1) is 25.7. The van der Waals surface area contributed by atoms with Gasteiger partial charge in [0, 0.05) is 36.8 Å². The molecule has 0 bridgehead atoms. The number of likely N-dealkylation sites (tertiary alicyclic amines) is 1. The highest BCUT2D eigenvalue weighted by molar-refractivity contribution is 5.86. The Balaban J connectivity index is 1.51. The summed E-state index contributed by atoms with van der Waals surface area (Å²) in [5, 5.41) is 10.6. The minimum absolute atomic E-state index is 0.0803. The van der Waals surface area contributed by atoms with Gasteiger partial charge in [0.2, 0.25) is 0 Å². The fourth-order valence-electron chi connectivity index (χ4n) is 5.20. The molecule has 0 aliphatic carbocycles. The maximum absolute atomic E-state index is 13.9. The number of hydrogen-bond donors (Lipinski definition) is 1. The number of halogens is 1. The summed E-state index contributed by atoms with van der Waals surface area (Å²) in [5.74, 6) is -0.369. The lowest BCUT2D eigenvalue weighted by molar-refractivity contribution is -0.142. The van der Waals surface area contributed by atoms with Gasteiger partial charge >= 0.3 is 5.97 Å². The molecule has 0 aromatic heterocycles. The van der Waals surface area contributed by atoms with Crippen molar-refractivity contribution in [3.05, 3.63) is 95.8 Å². The van der Waals surface area contributed by atoms with Crippen molar-refractivity contribution in [3.8, 4) is 11.5 Å². The average Bonchev–Trinajstić information content (AvgIpc) is 3.34. The molecule has 1 saturated heterocycles. The van der Waals surface area contributed by atoms with Crippen molar-refractivity contribution < 1.29 is 23.8 Å². The van der Waals surface area contributed by atoms with Gasteiger partial charge in [0.05, 0.1) is 7.11 Å². The molecule has 1 atom stereocenters. The Hall–Kier alpha value is -3.38. The Bertz CT molecular complexity index is 1130. The van der Waals surface area contributed by atoms with Gasteiger partial charge in [-0.3, -0.25) is 9.69 Å². The van der Waals surface area contributed by atoms with Crippen LogP contribution in [0.1, 0.15) is 44.2 Å². The zero-order valence-corrected chi connectivity index (χ0v) is 21.1. The van der Waals surface area contributed by atoms with Gasteiger partial charge < -0.3 is 14.6 Å². The van der Waals surface area contributed by atoms with Crippen LogP contribution in [0, 0.1) is 5.82 Å². The summed E-state index contributed by atoms with van der Waals surface area (Å²) < 4.78 is 25.1. The number of ether oxygens (including phenoxy) is 2. The normalized spacial score (nSPS) is 16.6. The molecular weight excluding hydrogens is 457 g/mol. The van der Waals surface area contributed by atoms with Crippen molar-refractivity contribution in [3.63, 3.8) is 0 Å². The SMILES string of the molecule is COc1cc(F)cc(O[C@H]2CCN(C(C)(C)CCC(C(=O)O)(c3ccccc3)c3ccccc3)C2)c1. The zero-order chi connectivity index (χ0) is 25.8. The fourth-order valence-corrected chi connectivity index (χ4v) is 5.20. The quantitative estimate of drug-likeness (QED) is 0.382. The smallest absolute Gasteiger partial charge is 0.318 e. The minimum atomic E-state index is -1.15. The monoisotopic (exact) mass is 491 g/mol. The lowest BCUT2D eigenvalue weighted by Crippen LogP contribution is -2.46. The van der Waals surface area contributed by atoms with Crippen LogP contribution in [0.2, 0.25) is 0 Å². The number of rotatable bonds is 10. The molecule has 0 unspecified atom stereocenters. The number of carbonyl (C=O) groups is 1. The topological polar surface area (TPSA) is 59.0 Å². The number of carboxylic acid groups (broad SMARTS) is 1. The number of carboxylic acids is 1. The van der Waals surface area contributed by atoms with Crippen LogP contribution in [-0.2, 0) is 10.2 Å². The Morgan fingerprint density at radius 3 is 2.11 bits per heavy atom. The molecule has 0 saturated carbocycles. The highest BCUT2D eigenvalue weighted by Crippen LogP contribution is 2.40. The maximum atomic E-state index is 13.9. The number of benzene rings is 3. The molecule has 1 N–H and O–H groups in total. The van der Waals surface area contributed by atoms with E-state index in [2.05, 4.69) is 18.7 Å². The molecule has 190 valence electrons. The minimum Gasteiger partial charge on any atom is -0.497 e.